The van der Waals surface area contributed by atoms with Crippen molar-refractivity contribution in [2.75, 3.05) is 5.73 Å². The van der Waals surface area contributed by atoms with E-state index in [4.69, 9.17) is 10.3 Å². The smallest absolute Gasteiger partial charge is 0.201 e. The Morgan fingerprint density at radius 3 is 3.06 bits per heavy atom. The summed E-state index contributed by atoms with van der Waals surface area (Å²) in [7, 11) is 0. The van der Waals surface area contributed by atoms with Crippen molar-refractivity contribution in [3.63, 3.8) is 0 Å². The number of nitrogen functional groups attached to an aromatic ring is 1. The van der Waals surface area contributed by atoms with E-state index in [1.165, 1.54) is 0 Å². The fourth-order valence-electron chi connectivity index (χ4n) is 1.65. The van der Waals surface area contributed by atoms with Crippen LogP contribution in [0.2, 0.25) is 0 Å². The average Bonchev–Trinajstić information content (AvgIpc) is 2.89. The molecule has 0 spiro atoms. The summed E-state index contributed by atoms with van der Waals surface area (Å²) >= 11 is 0. The molecule has 0 atom stereocenters. The van der Waals surface area contributed by atoms with Crippen LogP contribution in [-0.4, -0.2) is 19.7 Å². The molecule has 0 unspecified atom stereocenters. The molecule has 3 heterocycles. The lowest BCUT2D eigenvalue weighted by atomic mass is 10.4. The van der Waals surface area contributed by atoms with Crippen molar-refractivity contribution in [2.45, 2.75) is 6.54 Å². The highest BCUT2D eigenvalue weighted by molar-refractivity contribution is 5.77. The molecule has 0 amide bonds. The van der Waals surface area contributed by atoms with Crippen LogP contribution in [0, 0.1) is 0 Å². The number of pyridine rings is 1. The molecule has 0 aliphatic rings. The van der Waals surface area contributed by atoms with Crippen LogP contribution in [0.4, 0.5) is 5.95 Å². The Bertz CT molecular complexity index is 613. The molecule has 2 N–H and O–H groups in total. The van der Waals surface area contributed by atoms with Crippen molar-refractivity contribution in [1.29, 1.82) is 0 Å². The Morgan fingerprint density at radius 2 is 2.25 bits per heavy atom. The first kappa shape index (κ1) is 8.90. The fourth-order valence-corrected chi connectivity index (χ4v) is 1.65. The average molecular weight is 215 g/mol. The Hall–Kier alpha value is -2.37. The van der Waals surface area contributed by atoms with Crippen molar-refractivity contribution in [2.24, 2.45) is 0 Å². The van der Waals surface area contributed by atoms with Gasteiger partial charge in [0.25, 0.3) is 0 Å². The van der Waals surface area contributed by atoms with Crippen LogP contribution in [0.1, 0.15) is 5.76 Å². The number of nitrogens with two attached hydrogens (primary N) is 1. The molecule has 0 aliphatic carbocycles. The third-order valence-corrected chi connectivity index (χ3v) is 2.39. The van der Waals surface area contributed by atoms with E-state index < -0.39 is 0 Å². The maximum Gasteiger partial charge on any atom is 0.201 e. The second-order valence-electron chi connectivity index (χ2n) is 3.40. The first-order valence-electron chi connectivity index (χ1n) is 4.80. The Morgan fingerprint density at radius 1 is 1.31 bits per heavy atom. The van der Waals surface area contributed by atoms with E-state index in [0.717, 1.165) is 16.8 Å². The molecule has 16 heavy (non-hydrogen) atoms. The van der Waals surface area contributed by atoms with Gasteiger partial charge in [-0.1, -0.05) is 5.16 Å². The minimum atomic E-state index is 0.444. The zero-order valence-electron chi connectivity index (χ0n) is 8.37. The van der Waals surface area contributed by atoms with Gasteiger partial charge in [0.15, 0.2) is 5.76 Å². The van der Waals surface area contributed by atoms with Crippen LogP contribution in [0.15, 0.2) is 35.2 Å². The van der Waals surface area contributed by atoms with Gasteiger partial charge in [0.05, 0.1) is 24.5 Å². The second kappa shape index (κ2) is 3.34. The van der Waals surface area contributed by atoms with Gasteiger partial charge in [0.1, 0.15) is 5.52 Å². The lowest BCUT2D eigenvalue weighted by Gasteiger charge is -2.02. The Labute approximate surface area is 90.7 Å². The van der Waals surface area contributed by atoms with Gasteiger partial charge in [0, 0.05) is 12.3 Å². The highest BCUT2D eigenvalue weighted by atomic mass is 16.5. The summed E-state index contributed by atoms with van der Waals surface area (Å²) in [5, 5.41) is 3.65. The lowest BCUT2D eigenvalue weighted by Crippen LogP contribution is -2.03. The number of aromatic nitrogens is 4. The van der Waals surface area contributed by atoms with E-state index in [1.807, 2.05) is 10.6 Å². The number of fused-ring (bicyclic) bond motifs is 1. The van der Waals surface area contributed by atoms with E-state index >= 15 is 0 Å². The zero-order valence-corrected chi connectivity index (χ0v) is 8.37. The molecular weight excluding hydrogens is 206 g/mol. The minimum Gasteiger partial charge on any atom is -0.369 e. The first-order valence-corrected chi connectivity index (χ1v) is 4.80. The van der Waals surface area contributed by atoms with Gasteiger partial charge in [-0.15, -0.1) is 0 Å². The normalized spacial score (nSPS) is 11.0. The molecule has 0 bridgehead atoms. The van der Waals surface area contributed by atoms with E-state index in [1.54, 1.807) is 24.7 Å². The highest BCUT2D eigenvalue weighted by Crippen LogP contribution is 2.17. The van der Waals surface area contributed by atoms with Crippen LogP contribution >= 0.6 is 0 Å². The summed E-state index contributed by atoms with van der Waals surface area (Å²) < 4.78 is 6.90. The van der Waals surface area contributed by atoms with Gasteiger partial charge in [-0.05, 0) is 6.07 Å². The van der Waals surface area contributed by atoms with Crippen molar-refractivity contribution in [3.05, 3.63) is 36.5 Å². The maximum atomic E-state index is 5.83. The van der Waals surface area contributed by atoms with Gasteiger partial charge in [-0.25, -0.2) is 4.98 Å². The molecule has 6 heteroatoms. The quantitative estimate of drug-likeness (QED) is 0.690. The van der Waals surface area contributed by atoms with Crippen LogP contribution in [0.25, 0.3) is 11.0 Å². The van der Waals surface area contributed by atoms with Crippen LogP contribution in [0.3, 0.4) is 0 Å². The highest BCUT2D eigenvalue weighted by Gasteiger charge is 2.09. The summed E-state index contributed by atoms with van der Waals surface area (Å²) in [5.74, 6) is 1.18. The zero-order chi connectivity index (χ0) is 11.0. The van der Waals surface area contributed by atoms with Gasteiger partial charge in [-0.2, -0.15) is 0 Å². The maximum absolute atomic E-state index is 5.83. The van der Waals surface area contributed by atoms with Crippen LogP contribution in [0.5, 0.6) is 0 Å². The van der Waals surface area contributed by atoms with E-state index in [0.29, 0.717) is 12.5 Å². The van der Waals surface area contributed by atoms with Gasteiger partial charge >= 0.3 is 0 Å². The molecule has 0 fully saturated rings. The Kier molecular flexibility index (Phi) is 1.86. The Balaban J connectivity index is 2.12. The third kappa shape index (κ3) is 1.31. The number of anilines is 1. The lowest BCUT2D eigenvalue weighted by molar-refractivity contribution is 0.378. The SMILES string of the molecule is Nc1nc2cnccc2n1Cc1ccno1. The number of hydrogen-bond acceptors (Lipinski definition) is 5. The van der Waals surface area contributed by atoms with Crippen molar-refractivity contribution >= 4 is 17.0 Å². The fraction of sp³-hybridized carbons (Fsp3) is 0.100. The molecule has 0 aromatic carbocycles. The molecule has 0 radical (unpaired) electrons. The molecule has 0 aliphatic heterocycles. The predicted octanol–water partition coefficient (Wildman–Crippen LogP) is 1.05. The second-order valence-corrected chi connectivity index (χ2v) is 3.40. The summed E-state index contributed by atoms with van der Waals surface area (Å²) in [6.45, 7) is 0.520. The standard InChI is InChI=1S/C10H9N5O/c11-10-14-8-5-12-3-2-9(8)15(10)6-7-1-4-13-16-7/h1-5H,6H2,(H2,11,14). The molecule has 6 nitrogen and oxygen atoms in total. The first-order chi connectivity index (χ1) is 7.84. The topological polar surface area (TPSA) is 82.8 Å². The van der Waals surface area contributed by atoms with Crippen molar-refractivity contribution in [1.82, 2.24) is 19.7 Å². The summed E-state index contributed by atoms with van der Waals surface area (Å²) in [6.07, 6.45) is 5.00. The number of nitrogens with zero attached hydrogens (tertiary/aromatic N) is 4. The molecule has 3 aromatic rings. The monoisotopic (exact) mass is 215 g/mol. The third-order valence-electron chi connectivity index (χ3n) is 2.39. The van der Waals surface area contributed by atoms with Crippen LogP contribution in [-0.2, 0) is 6.54 Å². The van der Waals surface area contributed by atoms with E-state index in [2.05, 4.69) is 15.1 Å². The van der Waals surface area contributed by atoms with Gasteiger partial charge in [-0.3, -0.25) is 4.98 Å². The summed E-state index contributed by atoms with van der Waals surface area (Å²) in [5.41, 5.74) is 7.54. The summed E-state index contributed by atoms with van der Waals surface area (Å²) in [6, 6.07) is 3.67. The molecule has 0 saturated heterocycles. The van der Waals surface area contributed by atoms with Gasteiger partial charge in [0.2, 0.25) is 5.95 Å². The molecule has 3 rings (SSSR count). The van der Waals surface area contributed by atoms with Crippen molar-refractivity contribution in [3.8, 4) is 0 Å². The van der Waals surface area contributed by atoms with Gasteiger partial charge < -0.3 is 14.8 Å². The molecule has 0 saturated carbocycles. The van der Waals surface area contributed by atoms with E-state index in [9.17, 15) is 0 Å². The van der Waals surface area contributed by atoms with E-state index in [-0.39, 0.29) is 0 Å². The summed E-state index contributed by atoms with van der Waals surface area (Å²) in [4.78, 5) is 8.21. The predicted molar refractivity (Wildman–Crippen MR) is 57.5 cm³/mol. The van der Waals surface area contributed by atoms with Crippen molar-refractivity contribution < 1.29 is 4.52 Å². The molecule has 80 valence electrons. The molecular formula is C10H9N5O. The largest absolute Gasteiger partial charge is 0.369 e. The number of imidazole rings is 1. The van der Waals surface area contributed by atoms with Crippen LogP contribution < -0.4 is 5.73 Å². The number of hydrogen-bond donors (Lipinski definition) is 1. The molecule has 3 aromatic heterocycles. The minimum absolute atomic E-state index is 0.444. The number of rotatable bonds is 2.